The lowest BCUT2D eigenvalue weighted by Gasteiger charge is -2.16. The van der Waals surface area contributed by atoms with E-state index in [0.29, 0.717) is 11.8 Å². The molecule has 0 atom stereocenters. The summed E-state index contributed by atoms with van der Waals surface area (Å²) in [5.41, 5.74) is -0.180. The molecule has 0 aliphatic carbocycles. The van der Waals surface area contributed by atoms with Gasteiger partial charge in [-0.2, -0.15) is 22.0 Å². The predicted octanol–water partition coefficient (Wildman–Crippen LogP) is 5.06. The van der Waals surface area contributed by atoms with Gasteiger partial charge < -0.3 is 5.32 Å². The van der Waals surface area contributed by atoms with Crippen molar-refractivity contribution in [2.45, 2.75) is 23.4 Å². The van der Waals surface area contributed by atoms with Crippen LogP contribution in [0.4, 0.5) is 32.0 Å². The van der Waals surface area contributed by atoms with Gasteiger partial charge in [-0.15, -0.1) is 11.8 Å². The van der Waals surface area contributed by atoms with E-state index in [4.69, 9.17) is 11.6 Å². The maximum Gasteiger partial charge on any atom is 0.398 e. The summed E-state index contributed by atoms with van der Waals surface area (Å²) in [5.74, 6) is -3.10. The Kier molecular flexibility index (Phi) is 6.03. The second-order valence-corrected chi connectivity index (χ2v) is 5.69. The Labute approximate surface area is 131 Å². The lowest BCUT2D eigenvalue weighted by atomic mass is 10.2. The highest BCUT2D eigenvalue weighted by molar-refractivity contribution is 7.99. The molecule has 0 aliphatic rings. The third-order valence-corrected chi connectivity index (χ3v) is 3.80. The van der Waals surface area contributed by atoms with E-state index in [1.807, 2.05) is 5.32 Å². The number of hydrogen-bond acceptors (Lipinski definition) is 2. The van der Waals surface area contributed by atoms with Crippen LogP contribution in [0.5, 0.6) is 0 Å². The Balaban J connectivity index is 3.06. The standard InChI is InChI=1S/C12H11ClF6N2S/c1-6-3-7(14)8(21-10(20-2)12(13,18)19)4-9(6)22-5-11(15,16)17/h3-4H,5H2,1-2H3,(H,20,21). The highest BCUT2D eigenvalue weighted by atomic mass is 35.5. The molecule has 2 nitrogen and oxygen atoms in total. The van der Waals surface area contributed by atoms with Crippen molar-refractivity contribution in [3.05, 3.63) is 23.5 Å². The molecule has 0 aliphatic heterocycles. The second kappa shape index (κ2) is 6.99. The van der Waals surface area contributed by atoms with Crippen LogP contribution in [0.2, 0.25) is 0 Å². The van der Waals surface area contributed by atoms with Crippen LogP contribution in [0, 0.1) is 12.7 Å². The summed E-state index contributed by atoms with van der Waals surface area (Å²) in [6.45, 7) is 1.41. The van der Waals surface area contributed by atoms with Crippen LogP contribution in [0.25, 0.3) is 0 Å². The van der Waals surface area contributed by atoms with Gasteiger partial charge in [-0.3, -0.25) is 4.99 Å². The Hall–Kier alpha value is -1.09. The normalized spacial score (nSPS) is 13.4. The molecule has 1 aromatic rings. The van der Waals surface area contributed by atoms with Crippen LogP contribution in [0.1, 0.15) is 5.56 Å². The van der Waals surface area contributed by atoms with Crippen molar-refractivity contribution in [2.75, 3.05) is 18.1 Å². The van der Waals surface area contributed by atoms with Crippen LogP contribution in [-0.2, 0) is 0 Å². The number of hydrogen-bond donors (Lipinski definition) is 1. The lowest BCUT2D eigenvalue weighted by Crippen LogP contribution is -2.29. The zero-order valence-electron chi connectivity index (χ0n) is 11.4. The summed E-state index contributed by atoms with van der Waals surface area (Å²) in [7, 11) is 1.02. The highest BCUT2D eigenvalue weighted by Gasteiger charge is 2.33. The fourth-order valence-electron chi connectivity index (χ4n) is 1.44. The first-order valence-corrected chi connectivity index (χ1v) is 7.11. The van der Waals surface area contributed by atoms with Gasteiger partial charge in [0.05, 0.1) is 11.4 Å². The molecule has 22 heavy (non-hydrogen) atoms. The van der Waals surface area contributed by atoms with E-state index in [1.165, 1.54) is 6.92 Å². The number of nitrogens with zero attached hydrogens (tertiary/aromatic N) is 1. The van der Waals surface area contributed by atoms with Gasteiger partial charge in [0.2, 0.25) is 0 Å². The van der Waals surface area contributed by atoms with Crippen molar-refractivity contribution in [3.63, 3.8) is 0 Å². The number of alkyl halides is 6. The van der Waals surface area contributed by atoms with Gasteiger partial charge >= 0.3 is 11.6 Å². The van der Waals surface area contributed by atoms with Crippen molar-refractivity contribution in [1.82, 2.24) is 0 Å². The largest absolute Gasteiger partial charge is 0.398 e. The zero-order valence-corrected chi connectivity index (χ0v) is 12.9. The number of aryl methyl sites for hydroxylation is 1. The van der Waals surface area contributed by atoms with E-state index < -0.39 is 34.7 Å². The molecule has 10 heteroatoms. The molecule has 1 rings (SSSR count). The van der Waals surface area contributed by atoms with Crippen LogP contribution >= 0.6 is 23.4 Å². The minimum atomic E-state index is -4.40. The molecular weight excluding hydrogens is 354 g/mol. The summed E-state index contributed by atoms with van der Waals surface area (Å²) in [6, 6.07) is 1.95. The van der Waals surface area contributed by atoms with E-state index in [1.54, 1.807) is 0 Å². The Morgan fingerprint density at radius 3 is 2.32 bits per heavy atom. The highest BCUT2D eigenvalue weighted by Crippen LogP contribution is 2.33. The first-order valence-electron chi connectivity index (χ1n) is 5.74. The molecule has 1 N–H and O–H groups in total. The smallest absolute Gasteiger partial charge is 0.335 e. The molecule has 0 heterocycles. The second-order valence-electron chi connectivity index (χ2n) is 4.20. The molecule has 124 valence electrons. The Morgan fingerprint density at radius 2 is 1.86 bits per heavy atom. The number of anilines is 1. The molecule has 0 bridgehead atoms. The predicted molar refractivity (Wildman–Crippen MR) is 75.7 cm³/mol. The number of amidine groups is 1. The average molecular weight is 365 g/mol. The molecule has 1 aromatic carbocycles. The first kappa shape index (κ1) is 19.0. The minimum absolute atomic E-state index is 0.106. The van der Waals surface area contributed by atoms with Crippen molar-refractivity contribution in [2.24, 2.45) is 4.99 Å². The number of halogens is 7. The van der Waals surface area contributed by atoms with Crippen LogP contribution < -0.4 is 5.32 Å². The fourth-order valence-corrected chi connectivity index (χ4v) is 2.38. The van der Waals surface area contributed by atoms with Gasteiger partial charge in [-0.25, -0.2) is 4.39 Å². The van der Waals surface area contributed by atoms with Crippen molar-refractivity contribution >= 4 is 34.9 Å². The van der Waals surface area contributed by atoms with E-state index in [9.17, 15) is 26.3 Å². The summed E-state index contributed by atoms with van der Waals surface area (Å²) < 4.78 is 76.4. The van der Waals surface area contributed by atoms with E-state index in [2.05, 4.69) is 4.99 Å². The van der Waals surface area contributed by atoms with Gasteiger partial charge in [0, 0.05) is 11.9 Å². The molecule has 0 fully saturated rings. The van der Waals surface area contributed by atoms with Crippen LogP contribution in [0.15, 0.2) is 22.0 Å². The van der Waals surface area contributed by atoms with E-state index in [-0.39, 0.29) is 10.5 Å². The molecule has 0 amide bonds. The summed E-state index contributed by atoms with van der Waals surface area (Å²) >= 11 is 5.22. The Morgan fingerprint density at radius 1 is 1.27 bits per heavy atom. The fraction of sp³-hybridized carbons (Fsp3) is 0.417. The molecule has 0 saturated carbocycles. The maximum atomic E-state index is 13.8. The summed E-state index contributed by atoms with van der Waals surface area (Å²) in [6.07, 6.45) is -4.40. The summed E-state index contributed by atoms with van der Waals surface area (Å²) in [5, 5.41) is -1.86. The summed E-state index contributed by atoms with van der Waals surface area (Å²) in [4.78, 5) is 3.31. The molecule has 0 saturated heterocycles. The van der Waals surface area contributed by atoms with E-state index in [0.717, 1.165) is 19.2 Å². The number of rotatable bonds is 4. The van der Waals surface area contributed by atoms with Gasteiger partial charge in [0.25, 0.3) is 0 Å². The molecule has 0 aromatic heterocycles. The molecule has 0 spiro atoms. The number of thioether (sulfide) groups is 1. The average Bonchev–Trinajstić information content (AvgIpc) is 2.33. The monoisotopic (exact) mass is 364 g/mol. The molecule has 0 unspecified atom stereocenters. The van der Waals surface area contributed by atoms with Gasteiger partial charge in [0.15, 0.2) is 5.84 Å². The zero-order chi connectivity index (χ0) is 17.1. The third-order valence-electron chi connectivity index (χ3n) is 2.40. The minimum Gasteiger partial charge on any atom is -0.335 e. The number of aliphatic imine (C=N–C) groups is 1. The third kappa shape index (κ3) is 5.60. The maximum absolute atomic E-state index is 13.8. The quantitative estimate of drug-likeness (QED) is 0.265. The first-order chi connectivity index (χ1) is 9.94. The van der Waals surface area contributed by atoms with Crippen LogP contribution in [0.3, 0.4) is 0 Å². The van der Waals surface area contributed by atoms with Gasteiger partial charge in [-0.1, -0.05) is 0 Å². The number of benzene rings is 1. The Bertz CT molecular complexity index is 568. The SMILES string of the molecule is CN=C(Nc1cc(SCC(F)(F)F)c(C)cc1F)C(F)(F)Cl. The van der Waals surface area contributed by atoms with Crippen molar-refractivity contribution in [1.29, 1.82) is 0 Å². The topological polar surface area (TPSA) is 24.4 Å². The molecule has 0 radical (unpaired) electrons. The van der Waals surface area contributed by atoms with Crippen molar-refractivity contribution < 1.29 is 26.3 Å². The molecular formula is C12H11ClF6N2S. The van der Waals surface area contributed by atoms with E-state index >= 15 is 0 Å². The van der Waals surface area contributed by atoms with Gasteiger partial charge in [0.1, 0.15) is 5.82 Å². The van der Waals surface area contributed by atoms with Crippen molar-refractivity contribution in [3.8, 4) is 0 Å². The lowest BCUT2D eigenvalue weighted by molar-refractivity contribution is -0.105. The van der Waals surface area contributed by atoms with Gasteiger partial charge in [-0.05, 0) is 36.2 Å². The number of nitrogens with one attached hydrogen (secondary N) is 1. The van der Waals surface area contributed by atoms with Crippen LogP contribution in [-0.4, -0.2) is 30.2 Å².